The number of hydrogen-bond acceptors (Lipinski definition) is 5. The number of nitrogens with zero attached hydrogens (tertiary/aromatic N) is 2. The van der Waals surface area contributed by atoms with Crippen LogP contribution in [0.2, 0.25) is 0 Å². The van der Waals surface area contributed by atoms with Crippen molar-refractivity contribution < 1.29 is 4.74 Å². The van der Waals surface area contributed by atoms with Crippen LogP contribution in [-0.2, 0) is 11.3 Å². The Morgan fingerprint density at radius 2 is 2.05 bits per heavy atom. The van der Waals surface area contributed by atoms with Gasteiger partial charge < -0.3 is 15.4 Å². The highest BCUT2D eigenvalue weighted by Gasteiger charge is 2.53. The molecular weight excluding hydrogens is 240 g/mol. The molecule has 0 saturated heterocycles. The molecule has 0 radical (unpaired) electrons. The van der Waals surface area contributed by atoms with Gasteiger partial charge in [-0.25, -0.2) is 9.97 Å². The van der Waals surface area contributed by atoms with Crippen LogP contribution in [0.4, 0.5) is 11.6 Å². The van der Waals surface area contributed by atoms with E-state index in [1.807, 2.05) is 13.1 Å². The summed E-state index contributed by atoms with van der Waals surface area (Å²) in [5, 5.41) is 6.56. The predicted octanol–water partition coefficient (Wildman–Crippen LogP) is 2.27. The Morgan fingerprint density at radius 3 is 2.63 bits per heavy atom. The van der Waals surface area contributed by atoms with Gasteiger partial charge in [-0.05, 0) is 37.0 Å². The van der Waals surface area contributed by atoms with Crippen molar-refractivity contribution in [3.63, 3.8) is 0 Å². The number of nitrogens with one attached hydrogen (secondary N) is 2. The molecule has 5 nitrogen and oxygen atoms in total. The first kappa shape index (κ1) is 12.7. The van der Waals surface area contributed by atoms with Gasteiger partial charge in [0.15, 0.2) is 5.82 Å². The van der Waals surface area contributed by atoms with Crippen molar-refractivity contribution in [2.45, 2.75) is 32.3 Å². The van der Waals surface area contributed by atoms with Crippen molar-refractivity contribution in [3.05, 3.63) is 11.9 Å². The second-order valence-corrected chi connectivity index (χ2v) is 5.73. The van der Waals surface area contributed by atoms with Crippen LogP contribution in [-0.4, -0.2) is 30.7 Å². The van der Waals surface area contributed by atoms with Gasteiger partial charge in [-0.3, -0.25) is 0 Å². The van der Waals surface area contributed by atoms with Crippen molar-refractivity contribution in [1.29, 1.82) is 0 Å². The lowest BCUT2D eigenvalue weighted by Crippen LogP contribution is -2.18. The molecule has 0 aromatic carbocycles. The molecule has 104 valence electrons. The minimum atomic E-state index is 0.442. The molecule has 2 aliphatic rings. The third kappa shape index (κ3) is 2.81. The van der Waals surface area contributed by atoms with Gasteiger partial charge >= 0.3 is 0 Å². The Labute approximate surface area is 114 Å². The largest absolute Gasteiger partial charge is 0.377 e. The van der Waals surface area contributed by atoms with E-state index in [0.29, 0.717) is 17.8 Å². The fourth-order valence-corrected chi connectivity index (χ4v) is 2.76. The predicted molar refractivity (Wildman–Crippen MR) is 75.2 cm³/mol. The molecule has 19 heavy (non-hydrogen) atoms. The van der Waals surface area contributed by atoms with Crippen LogP contribution >= 0.6 is 0 Å². The van der Waals surface area contributed by atoms with Crippen LogP contribution in [0.25, 0.3) is 0 Å². The highest BCUT2D eigenvalue weighted by atomic mass is 16.5. The SMILES string of the molecule is CNc1cc(NCC2(C3CC3)CC2)nc(COC)n1. The average Bonchev–Trinajstić information content (AvgIpc) is 3.28. The smallest absolute Gasteiger partial charge is 0.158 e. The van der Waals surface area contributed by atoms with Gasteiger partial charge in [0.05, 0.1) is 0 Å². The summed E-state index contributed by atoms with van der Waals surface area (Å²) in [5.74, 6) is 3.41. The molecule has 5 heteroatoms. The van der Waals surface area contributed by atoms with Crippen molar-refractivity contribution in [2.24, 2.45) is 11.3 Å². The number of anilines is 2. The molecule has 2 saturated carbocycles. The van der Waals surface area contributed by atoms with Gasteiger partial charge in [0.2, 0.25) is 0 Å². The Bertz CT molecular complexity index is 455. The van der Waals surface area contributed by atoms with Crippen LogP contribution in [0.3, 0.4) is 0 Å². The highest BCUT2D eigenvalue weighted by molar-refractivity contribution is 5.47. The number of hydrogen-bond donors (Lipinski definition) is 2. The first-order valence-electron chi connectivity index (χ1n) is 7.04. The molecule has 0 spiro atoms. The van der Waals surface area contributed by atoms with Crippen molar-refractivity contribution in [2.75, 3.05) is 31.3 Å². The summed E-state index contributed by atoms with van der Waals surface area (Å²) in [5.41, 5.74) is 0.576. The molecule has 0 unspecified atom stereocenters. The summed E-state index contributed by atoms with van der Waals surface area (Å²) in [6, 6.07) is 1.96. The lowest BCUT2D eigenvalue weighted by molar-refractivity contribution is 0.178. The minimum Gasteiger partial charge on any atom is -0.377 e. The summed E-state index contributed by atoms with van der Waals surface area (Å²) in [4.78, 5) is 8.86. The summed E-state index contributed by atoms with van der Waals surface area (Å²) in [7, 11) is 3.53. The van der Waals surface area contributed by atoms with Crippen LogP contribution < -0.4 is 10.6 Å². The molecule has 0 amide bonds. The van der Waals surface area contributed by atoms with E-state index in [1.165, 1.54) is 25.7 Å². The highest BCUT2D eigenvalue weighted by Crippen LogP contribution is 2.61. The van der Waals surface area contributed by atoms with E-state index < -0.39 is 0 Å². The third-order valence-electron chi connectivity index (χ3n) is 4.26. The average molecular weight is 262 g/mol. The topological polar surface area (TPSA) is 59.1 Å². The Hall–Kier alpha value is -1.36. The molecule has 1 heterocycles. The van der Waals surface area contributed by atoms with Crippen LogP contribution in [0.15, 0.2) is 6.07 Å². The van der Waals surface area contributed by atoms with Crippen molar-refractivity contribution in [3.8, 4) is 0 Å². The quantitative estimate of drug-likeness (QED) is 0.789. The lowest BCUT2D eigenvalue weighted by atomic mass is 10.0. The second-order valence-electron chi connectivity index (χ2n) is 5.73. The fraction of sp³-hybridized carbons (Fsp3) is 0.714. The number of ether oxygens (including phenoxy) is 1. The second kappa shape index (κ2) is 4.96. The Balaban J connectivity index is 1.67. The molecule has 2 fully saturated rings. The lowest BCUT2D eigenvalue weighted by Gasteiger charge is -2.16. The molecule has 1 aromatic heterocycles. The van der Waals surface area contributed by atoms with Crippen molar-refractivity contribution >= 4 is 11.6 Å². The number of rotatable bonds is 7. The Morgan fingerprint density at radius 1 is 1.32 bits per heavy atom. The van der Waals surface area contributed by atoms with Crippen LogP contribution in [0.1, 0.15) is 31.5 Å². The molecule has 2 aliphatic carbocycles. The molecule has 0 bridgehead atoms. The number of methoxy groups -OCH3 is 1. The molecule has 2 N–H and O–H groups in total. The van der Waals surface area contributed by atoms with E-state index in [2.05, 4.69) is 20.6 Å². The fourth-order valence-electron chi connectivity index (χ4n) is 2.76. The van der Waals surface area contributed by atoms with E-state index in [9.17, 15) is 0 Å². The van der Waals surface area contributed by atoms with E-state index in [1.54, 1.807) is 7.11 Å². The first-order valence-corrected chi connectivity index (χ1v) is 7.04. The minimum absolute atomic E-state index is 0.442. The van der Waals surface area contributed by atoms with Gasteiger partial charge in [-0.15, -0.1) is 0 Å². The van der Waals surface area contributed by atoms with E-state index >= 15 is 0 Å². The first-order chi connectivity index (χ1) is 9.25. The van der Waals surface area contributed by atoms with E-state index in [-0.39, 0.29) is 0 Å². The zero-order chi connectivity index (χ0) is 13.3. The number of aromatic nitrogens is 2. The van der Waals surface area contributed by atoms with Gasteiger partial charge in [0.1, 0.15) is 18.2 Å². The van der Waals surface area contributed by atoms with Crippen molar-refractivity contribution in [1.82, 2.24) is 9.97 Å². The molecule has 3 rings (SSSR count). The Kier molecular flexibility index (Phi) is 3.31. The normalized spacial score (nSPS) is 20.1. The standard InChI is InChI=1S/C14H22N4O/c1-15-11-7-12(18-13(17-11)8-19-2)16-9-14(5-6-14)10-3-4-10/h7,10H,3-6,8-9H2,1-2H3,(H2,15,16,17,18). The van der Waals surface area contributed by atoms with E-state index in [0.717, 1.165) is 24.1 Å². The zero-order valence-electron chi connectivity index (χ0n) is 11.7. The van der Waals surface area contributed by atoms with Gasteiger partial charge in [0.25, 0.3) is 0 Å². The summed E-state index contributed by atoms with van der Waals surface area (Å²) < 4.78 is 5.11. The molecular formula is C14H22N4O. The van der Waals surface area contributed by atoms with E-state index in [4.69, 9.17) is 4.74 Å². The maximum atomic E-state index is 5.11. The van der Waals surface area contributed by atoms with Crippen LogP contribution in [0.5, 0.6) is 0 Å². The maximum Gasteiger partial charge on any atom is 0.158 e. The van der Waals surface area contributed by atoms with Crippen LogP contribution in [0, 0.1) is 11.3 Å². The van der Waals surface area contributed by atoms with Gasteiger partial charge in [-0.1, -0.05) is 0 Å². The molecule has 0 atom stereocenters. The maximum absolute atomic E-state index is 5.11. The van der Waals surface area contributed by atoms with Gasteiger partial charge in [-0.2, -0.15) is 0 Å². The summed E-state index contributed by atoms with van der Waals surface area (Å²) in [6.07, 6.45) is 5.59. The monoisotopic (exact) mass is 262 g/mol. The van der Waals surface area contributed by atoms with Gasteiger partial charge in [0, 0.05) is 26.8 Å². The third-order valence-corrected chi connectivity index (χ3v) is 4.26. The molecule has 0 aliphatic heterocycles. The summed E-state index contributed by atoms with van der Waals surface area (Å²) >= 11 is 0. The zero-order valence-corrected chi connectivity index (χ0v) is 11.7. The molecule has 1 aromatic rings. The summed E-state index contributed by atoms with van der Waals surface area (Å²) in [6.45, 7) is 1.49.